The van der Waals surface area contributed by atoms with E-state index < -0.39 is 0 Å². The molecule has 4 nitrogen and oxygen atoms in total. The molecule has 0 aliphatic heterocycles. The minimum absolute atomic E-state index is 0.0247. The minimum Gasteiger partial charge on any atom is -0.394 e. The lowest BCUT2D eigenvalue weighted by Gasteiger charge is -2.09. The third kappa shape index (κ3) is 1.50. The van der Waals surface area contributed by atoms with Gasteiger partial charge in [0.05, 0.1) is 30.0 Å². The zero-order valence-electron chi connectivity index (χ0n) is 9.00. The number of hydrogen-bond acceptors (Lipinski definition) is 3. The Hall–Kier alpha value is -1.39. The van der Waals surface area contributed by atoms with Crippen molar-refractivity contribution in [2.75, 3.05) is 6.61 Å². The number of rotatable bonds is 3. The average Bonchev–Trinajstić information content (AvgIpc) is 3.08. The lowest BCUT2D eigenvalue weighted by Crippen LogP contribution is -2.14. The molecular weight excluding hydrogens is 202 g/mol. The van der Waals surface area contributed by atoms with Crippen molar-refractivity contribution in [2.24, 2.45) is 5.73 Å². The first-order valence-corrected chi connectivity index (χ1v) is 5.62. The molecule has 1 saturated carbocycles. The second-order valence-corrected chi connectivity index (χ2v) is 4.42. The van der Waals surface area contributed by atoms with Crippen LogP contribution >= 0.6 is 0 Å². The molecular formula is C12H15N3O. The van der Waals surface area contributed by atoms with Crippen LogP contribution in [0.3, 0.4) is 0 Å². The first-order chi connectivity index (χ1) is 7.79. The van der Waals surface area contributed by atoms with Crippen LogP contribution in [0.25, 0.3) is 11.0 Å². The maximum absolute atomic E-state index is 9.05. The van der Waals surface area contributed by atoms with Crippen molar-refractivity contribution in [3.63, 3.8) is 0 Å². The molecule has 84 valence electrons. The summed E-state index contributed by atoms with van der Waals surface area (Å²) in [6.45, 7) is -0.0247. The van der Waals surface area contributed by atoms with E-state index in [-0.39, 0.29) is 12.6 Å². The summed E-state index contributed by atoms with van der Waals surface area (Å²) in [5.74, 6) is 0. The van der Waals surface area contributed by atoms with Gasteiger partial charge in [0, 0.05) is 6.04 Å². The van der Waals surface area contributed by atoms with Crippen LogP contribution in [0.15, 0.2) is 24.5 Å². The Labute approximate surface area is 93.7 Å². The van der Waals surface area contributed by atoms with Gasteiger partial charge >= 0.3 is 0 Å². The highest BCUT2D eigenvalue weighted by Crippen LogP contribution is 2.37. The van der Waals surface area contributed by atoms with Gasteiger partial charge < -0.3 is 15.4 Å². The molecule has 4 heteroatoms. The number of hydrogen-bond donors (Lipinski definition) is 2. The van der Waals surface area contributed by atoms with E-state index in [0.29, 0.717) is 6.04 Å². The van der Waals surface area contributed by atoms with E-state index in [1.165, 1.54) is 12.8 Å². The summed E-state index contributed by atoms with van der Waals surface area (Å²) in [5, 5.41) is 9.05. The largest absolute Gasteiger partial charge is 0.394 e. The van der Waals surface area contributed by atoms with Gasteiger partial charge in [-0.1, -0.05) is 6.07 Å². The van der Waals surface area contributed by atoms with Crippen LogP contribution in [-0.4, -0.2) is 21.3 Å². The van der Waals surface area contributed by atoms with Crippen LogP contribution < -0.4 is 5.73 Å². The normalized spacial score (nSPS) is 17.9. The first kappa shape index (κ1) is 9.81. The third-order valence-electron chi connectivity index (χ3n) is 3.16. The third-order valence-corrected chi connectivity index (χ3v) is 3.16. The predicted octanol–water partition coefficient (Wildman–Crippen LogP) is 1.36. The maximum atomic E-state index is 9.05. The van der Waals surface area contributed by atoms with Crippen molar-refractivity contribution < 1.29 is 5.11 Å². The van der Waals surface area contributed by atoms with Gasteiger partial charge in [0.1, 0.15) is 0 Å². The molecule has 2 aromatic rings. The number of aliphatic hydroxyl groups excluding tert-OH is 1. The molecule has 3 rings (SSSR count). The molecule has 0 radical (unpaired) electrons. The molecule has 1 fully saturated rings. The van der Waals surface area contributed by atoms with Crippen molar-refractivity contribution >= 4 is 11.0 Å². The number of aliphatic hydroxyl groups is 1. The van der Waals surface area contributed by atoms with E-state index in [0.717, 1.165) is 16.6 Å². The second kappa shape index (κ2) is 3.57. The molecule has 0 bridgehead atoms. The summed E-state index contributed by atoms with van der Waals surface area (Å²) in [6.07, 6.45) is 4.38. The highest BCUT2D eigenvalue weighted by molar-refractivity contribution is 5.76. The molecule has 3 N–H and O–H groups in total. The Kier molecular flexibility index (Phi) is 2.19. The molecule has 0 saturated heterocycles. The molecule has 1 aromatic carbocycles. The summed E-state index contributed by atoms with van der Waals surface area (Å²) in [7, 11) is 0. The van der Waals surface area contributed by atoms with E-state index in [2.05, 4.69) is 9.55 Å². The summed E-state index contributed by atoms with van der Waals surface area (Å²) < 4.78 is 2.21. The van der Waals surface area contributed by atoms with E-state index in [1.807, 2.05) is 24.5 Å². The monoisotopic (exact) mass is 217 g/mol. The second-order valence-electron chi connectivity index (χ2n) is 4.42. The topological polar surface area (TPSA) is 64.1 Å². The lowest BCUT2D eigenvalue weighted by molar-refractivity contribution is 0.268. The molecule has 0 spiro atoms. The van der Waals surface area contributed by atoms with Gasteiger partial charge in [-0.05, 0) is 30.5 Å². The molecule has 1 atom stereocenters. The molecule has 16 heavy (non-hydrogen) atoms. The maximum Gasteiger partial charge on any atom is 0.0960 e. The molecule has 1 unspecified atom stereocenters. The quantitative estimate of drug-likeness (QED) is 0.816. The van der Waals surface area contributed by atoms with Crippen LogP contribution in [0.2, 0.25) is 0 Å². The van der Waals surface area contributed by atoms with Crippen molar-refractivity contribution in [3.8, 4) is 0 Å². The SMILES string of the molecule is NC(CO)c1ccc2ncn(C3CC3)c2c1. The number of nitrogens with two attached hydrogens (primary N) is 1. The van der Waals surface area contributed by atoms with Crippen LogP contribution in [-0.2, 0) is 0 Å². The van der Waals surface area contributed by atoms with E-state index in [1.54, 1.807) is 0 Å². The van der Waals surface area contributed by atoms with Gasteiger partial charge in [0.2, 0.25) is 0 Å². The Morgan fingerprint density at radius 3 is 3.00 bits per heavy atom. The van der Waals surface area contributed by atoms with Crippen molar-refractivity contribution in [1.29, 1.82) is 0 Å². The van der Waals surface area contributed by atoms with Crippen LogP contribution in [0.1, 0.15) is 30.5 Å². The van der Waals surface area contributed by atoms with E-state index in [9.17, 15) is 0 Å². The van der Waals surface area contributed by atoms with Crippen LogP contribution in [0, 0.1) is 0 Å². The van der Waals surface area contributed by atoms with Gasteiger partial charge in [-0.15, -0.1) is 0 Å². The Morgan fingerprint density at radius 1 is 1.50 bits per heavy atom. The Morgan fingerprint density at radius 2 is 2.31 bits per heavy atom. The lowest BCUT2D eigenvalue weighted by atomic mass is 10.1. The van der Waals surface area contributed by atoms with Crippen LogP contribution in [0.4, 0.5) is 0 Å². The highest BCUT2D eigenvalue weighted by atomic mass is 16.3. The fraction of sp³-hybridized carbons (Fsp3) is 0.417. The molecule has 1 aromatic heterocycles. The summed E-state index contributed by atoms with van der Waals surface area (Å²) in [6, 6.07) is 6.27. The highest BCUT2D eigenvalue weighted by Gasteiger charge is 2.25. The predicted molar refractivity (Wildman–Crippen MR) is 62.0 cm³/mol. The van der Waals surface area contributed by atoms with Gasteiger partial charge in [-0.3, -0.25) is 0 Å². The summed E-state index contributed by atoms with van der Waals surface area (Å²) in [4.78, 5) is 4.37. The van der Waals surface area contributed by atoms with Gasteiger partial charge in [-0.2, -0.15) is 0 Å². The number of nitrogens with zero attached hydrogens (tertiary/aromatic N) is 2. The van der Waals surface area contributed by atoms with Crippen molar-refractivity contribution in [1.82, 2.24) is 9.55 Å². The zero-order chi connectivity index (χ0) is 11.1. The van der Waals surface area contributed by atoms with Crippen LogP contribution in [0.5, 0.6) is 0 Å². The Bertz CT molecular complexity index is 516. The summed E-state index contributed by atoms with van der Waals surface area (Å²) in [5.41, 5.74) is 8.92. The Balaban J connectivity index is 2.10. The van der Waals surface area contributed by atoms with Gasteiger partial charge in [-0.25, -0.2) is 4.98 Å². The van der Waals surface area contributed by atoms with Crippen molar-refractivity contribution in [2.45, 2.75) is 24.9 Å². The molecule has 0 amide bonds. The molecule has 1 heterocycles. The average molecular weight is 217 g/mol. The van der Waals surface area contributed by atoms with Gasteiger partial charge in [0.25, 0.3) is 0 Å². The number of aromatic nitrogens is 2. The number of benzene rings is 1. The number of fused-ring (bicyclic) bond motifs is 1. The summed E-state index contributed by atoms with van der Waals surface area (Å²) >= 11 is 0. The number of imidazole rings is 1. The van der Waals surface area contributed by atoms with Gasteiger partial charge in [0.15, 0.2) is 0 Å². The van der Waals surface area contributed by atoms with E-state index in [4.69, 9.17) is 10.8 Å². The standard InChI is InChI=1S/C12H15N3O/c13-10(6-16)8-1-4-11-12(5-8)15(7-14-11)9-2-3-9/h1,4-5,7,9-10,16H,2-3,6,13H2. The van der Waals surface area contributed by atoms with E-state index >= 15 is 0 Å². The molecule has 1 aliphatic carbocycles. The van der Waals surface area contributed by atoms with Crippen molar-refractivity contribution in [3.05, 3.63) is 30.1 Å². The minimum atomic E-state index is -0.299. The first-order valence-electron chi connectivity index (χ1n) is 5.62. The fourth-order valence-corrected chi connectivity index (χ4v) is 2.02. The smallest absolute Gasteiger partial charge is 0.0960 e. The molecule has 1 aliphatic rings. The zero-order valence-corrected chi connectivity index (χ0v) is 9.00. The fourth-order valence-electron chi connectivity index (χ4n) is 2.02.